The number of nitrogens with one attached hydrogen (secondary N) is 1. The number of anilines is 1. The molecule has 98 valence electrons. The second-order valence-electron chi connectivity index (χ2n) is 3.74. The van der Waals surface area contributed by atoms with Crippen LogP contribution in [-0.2, 0) is 9.53 Å². The first-order chi connectivity index (χ1) is 9.20. The van der Waals surface area contributed by atoms with Gasteiger partial charge < -0.3 is 10.1 Å². The number of ether oxygens (including phenoxy) is 1. The number of hydrogen-bond donors (Lipinski definition) is 1. The molecule has 0 radical (unpaired) electrons. The van der Waals surface area contributed by atoms with Crippen molar-refractivity contribution >= 4 is 23.3 Å². The highest BCUT2D eigenvalue weighted by molar-refractivity contribution is 6.29. The summed E-state index contributed by atoms with van der Waals surface area (Å²) >= 11 is 5.73. The van der Waals surface area contributed by atoms with E-state index in [4.69, 9.17) is 16.3 Å². The second kappa shape index (κ2) is 6.26. The van der Waals surface area contributed by atoms with Crippen LogP contribution in [0.1, 0.15) is 11.7 Å². The van der Waals surface area contributed by atoms with Gasteiger partial charge in [0.25, 0.3) is 5.91 Å². The molecule has 0 bridgehead atoms. The van der Waals surface area contributed by atoms with E-state index in [1.807, 2.05) is 30.3 Å². The Bertz CT molecular complexity index is 563. The van der Waals surface area contributed by atoms with Gasteiger partial charge in [-0.05, 0) is 5.56 Å². The quantitative estimate of drug-likeness (QED) is 0.872. The SMILES string of the molecule is COC(C(=O)Nc1cc(Cl)ncn1)c1ccccc1. The van der Waals surface area contributed by atoms with Crippen LogP contribution < -0.4 is 5.32 Å². The molecule has 1 amide bonds. The van der Waals surface area contributed by atoms with Crippen molar-refractivity contribution in [3.63, 3.8) is 0 Å². The third kappa shape index (κ3) is 3.49. The predicted molar refractivity (Wildman–Crippen MR) is 71.9 cm³/mol. The Labute approximate surface area is 115 Å². The van der Waals surface area contributed by atoms with Crippen LogP contribution in [-0.4, -0.2) is 23.0 Å². The van der Waals surface area contributed by atoms with E-state index in [1.165, 1.54) is 19.5 Å². The van der Waals surface area contributed by atoms with Gasteiger partial charge in [0.05, 0.1) is 0 Å². The van der Waals surface area contributed by atoms with Gasteiger partial charge in [0, 0.05) is 13.2 Å². The largest absolute Gasteiger partial charge is 0.367 e. The fourth-order valence-corrected chi connectivity index (χ4v) is 1.76. The van der Waals surface area contributed by atoms with E-state index in [9.17, 15) is 4.79 Å². The molecule has 0 spiro atoms. The van der Waals surface area contributed by atoms with Gasteiger partial charge in [-0.3, -0.25) is 4.79 Å². The van der Waals surface area contributed by atoms with E-state index in [-0.39, 0.29) is 11.1 Å². The first-order valence-corrected chi connectivity index (χ1v) is 5.94. The second-order valence-corrected chi connectivity index (χ2v) is 4.13. The van der Waals surface area contributed by atoms with Gasteiger partial charge in [0.15, 0.2) is 6.10 Å². The molecule has 2 aromatic rings. The van der Waals surface area contributed by atoms with Gasteiger partial charge in [-0.2, -0.15) is 0 Å². The van der Waals surface area contributed by atoms with Crippen molar-refractivity contribution in [2.24, 2.45) is 0 Å². The van der Waals surface area contributed by atoms with E-state index in [1.54, 1.807) is 0 Å². The molecule has 1 heterocycles. The van der Waals surface area contributed by atoms with Crippen LogP contribution >= 0.6 is 11.6 Å². The summed E-state index contributed by atoms with van der Waals surface area (Å²) < 4.78 is 5.21. The summed E-state index contributed by atoms with van der Waals surface area (Å²) in [6.07, 6.45) is 0.581. The topological polar surface area (TPSA) is 64.1 Å². The molecule has 0 aliphatic carbocycles. The first-order valence-electron chi connectivity index (χ1n) is 5.57. The van der Waals surface area contributed by atoms with Crippen molar-refractivity contribution in [3.05, 3.63) is 53.4 Å². The molecule has 19 heavy (non-hydrogen) atoms. The highest BCUT2D eigenvalue weighted by Crippen LogP contribution is 2.18. The third-order valence-electron chi connectivity index (χ3n) is 2.46. The Kier molecular flexibility index (Phi) is 4.43. The van der Waals surface area contributed by atoms with Crippen LogP contribution in [0.25, 0.3) is 0 Å². The summed E-state index contributed by atoms with van der Waals surface area (Å²) in [4.78, 5) is 19.8. The minimum absolute atomic E-state index is 0.263. The zero-order valence-corrected chi connectivity index (χ0v) is 11.0. The molecule has 1 aromatic carbocycles. The summed E-state index contributed by atoms with van der Waals surface area (Å²) in [5, 5.41) is 2.90. The molecule has 1 atom stereocenters. The zero-order valence-electron chi connectivity index (χ0n) is 10.2. The summed E-state index contributed by atoms with van der Waals surface area (Å²) in [5.74, 6) is 0.0199. The molecule has 1 unspecified atom stereocenters. The number of methoxy groups -OCH3 is 1. The van der Waals surface area contributed by atoms with Crippen molar-refractivity contribution in [2.75, 3.05) is 12.4 Å². The van der Waals surface area contributed by atoms with Crippen molar-refractivity contribution in [2.45, 2.75) is 6.10 Å². The normalized spacial score (nSPS) is 11.9. The van der Waals surface area contributed by atoms with Crippen LogP contribution in [0.5, 0.6) is 0 Å². The molecule has 5 nitrogen and oxygen atoms in total. The number of carbonyl (C=O) groups is 1. The molecule has 0 aliphatic rings. The zero-order chi connectivity index (χ0) is 13.7. The standard InChI is InChI=1S/C13H12ClN3O2/c1-19-12(9-5-3-2-4-6-9)13(18)17-11-7-10(14)15-8-16-11/h2-8,12H,1H3,(H,15,16,17,18). The van der Waals surface area contributed by atoms with Crippen LogP contribution in [0.15, 0.2) is 42.7 Å². The van der Waals surface area contributed by atoms with Crippen molar-refractivity contribution in [1.82, 2.24) is 9.97 Å². The molecular formula is C13H12ClN3O2. The summed E-state index contributed by atoms with van der Waals surface area (Å²) in [5.41, 5.74) is 0.766. The highest BCUT2D eigenvalue weighted by Gasteiger charge is 2.20. The molecular weight excluding hydrogens is 266 g/mol. The van der Waals surface area contributed by atoms with Crippen LogP contribution in [0.4, 0.5) is 5.82 Å². The Morgan fingerprint density at radius 3 is 2.68 bits per heavy atom. The Morgan fingerprint density at radius 1 is 1.32 bits per heavy atom. The molecule has 1 N–H and O–H groups in total. The predicted octanol–water partition coefficient (Wildman–Crippen LogP) is 2.46. The maximum atomic E-state index is 12.1. The fourth-order valence-electron chi connectivity index (χ4n) is 1.62. The molecule has 0 fully saturated rings. The van der Waals surface area contributed by atoms with Crippen molar-refractivity contribution < 1.29 is 9.53 Å². The highest BCUT2D eigenvalue weighted by atomic mass is 35.5. The lowest BCUT2D eigenvalue weighted by Crippen LogP contribution is -2.23. The molecule has 0 saturated carbocycles. The lowest BCUT2D eigenvalue weighted by molar-refractivity contribution is -0.126. The third-order valence-corrected chi connectivity index (χ3v) is 2.67. The minimum atomic E-state index is -0.699. The van der Waals surface area contributed by atoms with Gasteiger partial charge in [-0.1, -0.05) is 41.9 Å². The minimum Gasteiger partial charge on any atom is -0.367 e. The number of aromatic nitrogens is 2. The van der Waals surface area contributed by atoms with Crippen LogP contribution in [0, 0.1) is 0 Å². The fraction of sp³-hybridized carbons (Fsp3) is 0.154. The maximum absolute atomic E-state index is 12.1. The lowest BCUT2D eigenvalue weighted by atomic mass is 10.1. The van der Waals surface area contributed by atoms with E-state index in [2.05, 4.69) is 15.3 Å². The van der Waals surface area contributed by atoms with Crippen LogP contribution in [0.2, 0.25) is 5.15 Å². The summed E-state index contributed by atoms with van der Waals surface area (Å²) in [6, 6.07) is 10.7. The van der Waals surface area contributed by atoms with Gasteiger partial charge in [-0.25, -0.2) is 9.97 Å². The van der Waals surface area contributed by atoms with Gasteiger partial charge in [-0.15, -0.1) is 0 Å². The molecule has 2 rings (SSSR count). The Morgan fingerprint density at radius 2 is 2.05 bits per heavy atom. The number of nitrogens with zero attached hydrogens (tertiary/aromatic N) is 2. The molecule has 0 saturated heterocycles. The van der Waals surface area contributed by atoms with E-state index < -0.39 is 6.10 Å². The van der Waals surface area contributed by atoms with Gasteiger partial charge >= 0.3 is 0 Å². The van der Waals surface area contributed by atoms with Crippen molar-refractivity contribution in [3.8, 4) is 0 Å². The molecule has 6 heteroatoms. The number of halogens is 1. The Balaban J connectivity index is 2.14. The smallest absolute Gasteiger partial charge is 0.259 e. The van der Waals surface area contributed by atoms with Gasteiger partial charge in [0.1, 0.15) is 17.3 Å². The van der Waals surface area contributed by atoms with Crippen molar-refractivity contribution in [1.29, 1.82) is 0 Å². The average Bonchev–Trinajstić information content (AvgIpc) is 2.41. The molecule has 0 aliphatic heterocycles. The molecule has 1 aromatic heterocycles. The number of carbonyl (C=O) groups excluding carboxylic acids is 1. The van der Waals surface area contributed by atoms with E-state index in [0.717, 1.165) is 5.56 Å². The summed E-state index contributed by atoms with van der Waals surface area (Å²) in [6.45, 7) is 0. The number of benzene rings is 1. The monoisotopic (exact) mass is 277 g/mol. The summed E-state index contributed by atoms with van der Waals surface area (Å²) in [7, 11) is 1.48. The lowest BCUT2D eigenvalue weighted by Gasteiger charge is -2.15. The Hall–Kier alpha value is -1.98. The number of rotatable bonds is 4. The number of amides is 1. The van der Waals surface area contributed by atoms with E-state index >= 15 is 0 Å². The van der Waals surface area contributed by atoms with Crippen LogP contribution in [0.3, 0.4) is 0 Å². The maximum Gasteiger partial charge on any atom is 0.259 e. The first kappa shape index (κ1) is 13.5. The van der Waals surface area contributed by atoms with Gasteiger partial charge in [0.2, 0.25) is 0 Å². The van der Waals surface area contributed by atoms with E-state index in [0.29, 0.717) is 5.82 Å². The average molecular weight is 278 g/mol. The number of hydrogen-bond acceptors (Lipinski definition) is 4.